The molecule has 1 unspecified atom stereocenters. The van der Waals surface area contributed by atoms with Gasteiger partial charge in [0.1, 0.15) is 0 Å². The summed E-state index contributed by atoms with van der Waals surface area (Å²) in [6.07, 6.45) is 3.80. The highest BCUT2D eigenvalue weighted by atomic mass is 16.5. The number of hydrogen-bond acceptors (Lipinski definition) is 3. The van der Waals surface area contributed by atoms with Crippen LogP contribution < -0.4 is 0 Å². The van der Waals surface area contributed by atoms with Crippen LogP contribution in [0.15, 0.2) is 12.2 Å². The van der Waals surface area contributed by atoms with Gasteiger partial charge in [-0.25, -0.2) is 4.79 Å². The van der Waals surface area contributed by atoms with Gasteiger partial charge in [0.05, 0.1) is 6.61 Å². The molecule has 0 amide bonds. The molecule has 1 saturated heterocycles. The molecule has 1 aliphatic heterocycles. The lowest BCUT2D eigenvalue weighted by molar-refractivity contribution is -0.138. The van der Waals surface area contributed by atoms with E-state index in [9.17, 15) is 4.79 Å². The number of rotatable bonds is 6. The highest BCUT2D eigenvalue weighted by Crippen LogP contribution is 2.21. The topological polar surface area (TPSA) is 29.5 Å². The Balaban J connectivity index is 2.28. The SMILES string of the molecule is C=C(CN1CCC(CCC)C1)C(=O)OCC. The van der Waals surface area contributed by atoms with E-state index in [0.29, 0.717) is 18.7 Å². The molecule has 1 heterocycles. The molecule has 0 saturated carbocycles. The minimum atomic E-state index is -0.249. The number of esters is 1. The average Bonchev–Trinajstić information content (AvgIpc) is 2.66. The normalized spacial score (nSPS) is 21.0. The fourth-order valence-electron chi connectivity index (χ4n) is 2.27. The third-order valence-corrected chi connectivity index (χ3v) is 3.05. The first-order valence-corrected chi connectivity index (χ1v) is 6.24. The summed E-state index contributed by atoms with van der Waals surface area (Å²) in [4.78, 5) is 13.7. The second-order valence-corrected chi connectivity index (χ2v) is 4.50. The van der Waals surface area contributed by atoms with Gasteiger partial charge in [-0.3, -0.25) is 4.90 Å². The van der Waals surface area contributed by atoms with Crippen LogP contribution in [0.25, 0.3) is 0 Å². The minimum Gasteiger partial charge on any atom is -0.463 e. The number of ether oxygens (including phenoxy) is 1. The Bertz CT molecular complexity index is 250. The van der Waals surface area contributed by atoms with E-state index in [-0.39, 0.29) is 5.97 Å². The molecule has 0 radical (unpaired) electrons. The number of likely N-dealkylation sites (tertiary alicyclic amines) is 1. The van der Waals surface area contributed by atoms with E-state index >= 15 is 0 Å². The molecule has 0 aromatic rings. The highest BCUT2D eigenvalue weighted by molar-refractivity contribution is 5.88. The quantitative estimate of drug-likeness (QED) is 0.513. The maximum absolute atomic E-state index is 11.4. The lowest BCUT2D eigenvalue weighted by Crippen LogP contribution is -2.26. The third kappa shape index (κ3) is 3.97. The Morgan fingerprint density at radius 1 is 1.50 bits per heavy atom. The molecular formula is C13H23NO2. The van der Waals surface area contributed by atoms with Crippen LogP contribution in [0.1, 0.15) is 33.1 Å². The molecule has 1 rings (SSSR count). The van der Waals surface area contributed by atoms with Gasteiger partial charge < -0.3 is 4.74 Å². The van der Waals surface area contributed by atoms with Crippen molar-refractivity contribution in [1.82, 2.24) is 4.90 Å². The van der Waals surface area contributed by atoms with Crippen molar-refractivity contribution in [1.29, 1.82) is 0 Å². The Morgan fingerprint density at radius 3 is 2.88 bits per heavy atom. The molecule has 0 bridgehead atoms. The van der Waals surface area contributed by atoms with Gasteiger partial charge in [-0.1, -0.05) is 19.9 Å². The van der Waals surface area contributed by atoms with Gasteiger partial charge in [0.15, 0.2) is 0 Å². The predicted octanol–water partition coefficient (Wildman–Crippen LogP) is 2.23. The van der Waals surface area contributed by atoms with Crippen LogP contribution >= 0.6 is 0 Å². The van der Waals surface area contributed by atoms with Gasteiger partial charge in [-0.05, 0) is 32.2 Å². The van der Waals surface area contributed by atoms with E-state index in [0.717, 1.165) is 19.0 Å². The molecule has 0 N–H and O–H groups in total. The summed E-state index contributed by atoms with van der Waals surface area (Å²) in [6.45, 7) is 11.1. The van der Waals surface area contributed by atoms with Gasteiger partial charge >= 0.3 is 5.97 Å². The van der Waals surface area contributed by atoms with Gasteiger partial charge in [-0.15, -0.1) is 0 Å². The number of carbonyl (C=O) groups is 1. The maximum Gasteiger partial charge on any atom is 0.334 e. The lowest BCUT2D eigenvalue weighted by Gasteiger charge is -2.16. The summed E-state index contributed by atoms with van der Waals surface area (Å²) in [5, 5.41) is 0. The fraction of sp³-hybridized carbons (Fsp3) is 0.769. The van der Waals surface area contributed by atoms with Crippen LogP contribution in [0.5, 0.6) is 0 Å². The molecule has 0 aromatic carbocycles. The second kappa shape index (κ2) is 6.69. The van der Waals surface area contributed by atoms with E-state index in [1.54, 1.807) is 0 Å². The van der Waals surface area contributed by atoms with Crippen LogP contribution in [0.4, 0.5) is 0 Å². The average molecular weight is 225 g/mol. The summed E-state index contributed by atoms with van der Waals surface area (Å²) in [7, 11) is 0. The van der Waals surface area contributed by atoms with Crippen molar-refractivity contribution in [3.8, 4) is 0 Å². The Labute approximate surface area is 98.5 Å². The van der Waals surface area contributed by atoms with E-state index in [1.165, 1.54) is 19.3 Å². The third-order valence-electron chi connectivity index (χ3n) is 3.05. The van der Waals surface area contributed by atoms with Crippen molar-refractivity contribution in [3.05, 3.63) is 12.2 Å². The van der Waals surface area contributed by atoms with Crippen molar-refractivity contribution < 1.29 is 9.53 Å². The van der Waals surface area contributed by atoms with Crippen LogP contribution in [0, 0.1) is 5.92 Å². The van der Waals surface area contributed by atoms with Crippen LogP contribution in [-0.4, -0.2) is 37.1 Å². The number of hydrogen-bond donors (Lipinski definition) is 0. The van der Waals surface area contributed by atoms with Crippen molar-refractivity contribution in [3.63, 3.8) is 0 Å². The van der Waals surface area contributed by atoms with Gasteiger partial charge in [0.25, 0.3) is 0 Å². The first-order chi connectivity index (χ1) is 7.67. The molecule has 3 heteroatoms. The predicted molar refractivity (Wildman–Crippen MR) is 65.2 cm³/mol. The molecule has 1 aliphatic rings. The molecular weight excluding hydrogens is 202 g/mol. The number of carbonyl (C=O) groups excluding carboxylic acids is 1. The molecule has 1 atom stereocenters. The van der Waals surface area contributed by atoms with Crippen molar-refractivity contribution >= 4 is 5.97 Å². The first kappa shape index (κ1) is 13.2. The summed E-state index contributed by atoms with van der Waals surface area (Å²) in [5.74, 6) is 0.557. The second-order valence-electron chi connectivity index (χ2n) is 4.50. The highest BCUT2D eigenvalue weighted by Gasteiger charge is 2.23. The van der Waals surface area contributed by atoms with Gasteiger partial charge in [0, 0.05) is 18.7 Å². The summed E-state index contributed by atoms with van der Waals surface area (Å²) < 4.78 is 4.92. The Morgan fingerprint density at radius 2 is 2.25 bits per heavy atom. The first-order valence-electron chi connectivity index (χ1n) is 6.24. The van der Waals surface area contributed by atoms with E-state index in [1.807, 2.05) is 6.92 Å². The van der Waals surface area contributed by atoms with Crippen LogP contribution in [-0.2, 0) is 9.53 Å². The summed E-state index contributed by atoms with van der Waals surface area (Å²) in [5.41, 5.74) is 0.582. The van der Waals surface area contributed by atoms with Crippen molar-refractivity contribution in [2.75, 3.05) is 26.2 Å². The largest absolute Gasteiger partial charge is 0.463 e. The van der Waals surface area contributed by atoms with E-state index < -0.39 is 0 Å². The minimum absolute atomic E-state index is 0.249. The van der Waals surface area contributed by atoms with Gasteiger partial charge in [0.2, 0.25) is 0 Å². The summed E-state index contributed by atoms with van der Waals surface area (Å²) in [6, 6.07) is 0. The lowest BCUT2D eigenvalue weighted by atomic mass is 10.0. The standard InChI is InChI=1S/C13H23NO2/c1-4-6-12-7-8-14(10-12)9-11(3)13(15)16-5-2/h12H,3-10H2,1-2H3. The molecule has 3 nitrogen and oxygen atoms in total. The zero-order chi connectivity index (χ0) is 12.0. The summed E-state index contributed by atoms with van der Waals surface area (Å²) >= 11 is 0. The maximum atomic E-state index is 11.4. The Kier molecular flexibility index (Phi) is 5.53. The zero-order valence-electron chi connectivity index (χ0n) is 10.5. The Hall–Kier alpha value is -0.830. The molecule has 0 aliphatic carbocycles. The zero-order valence-corrected chi connectivity index (χ0v) is 10.5. The molecule has 1 fully saturated rings. The number of nitrogens with zero attached hydrogens (tertiary/aromatic N) is 1. The molecule has 0 aromatic heterocycles. The van der Waals surface area contributed by atoms with Gasteiger partial charge in [-0.2, -0.15) is 0 Å². The molecule has 92 valence electrons. The van der Waals surface area contributed by atoms with E-state index in [2.05, 4.69) is 18.4 Å². The van der Waals surface area contributed by atoms with Crippen LogP contribution in [0.3, 0.4) is 0 Å². The van der Waals surface area contributed by atoms with Crippen molar-refractivity contribution in [2.45, 2.75) is 33.1 Å². The molecule has 16 heavy (non-hydrogen) atoms. The fourth-order valence-corrected chi connectivity index (χ4v) is 2.27. The van der Waals surface area contributed by atoms with Crippen LogP contribution in [0.2, 0.25) is 0 Å². The van der Waals surface area contributed by atoms with Crippen molar-refractivity contribution in [2.24, 2.45) is 5.92 Å². The smallest absolute Gasteiger partial charge is 0.334 e. The van der Waals surface area contributed by atoms with E-state index in [4.69, 9.17) is 4.74 Å². The molecule has 0 spiro atoms. The monoisotopic (exact) mass is 225 g/mol.